The number of ketones is 2. The Morgan fingerprint density at radius 2 is 1.37 bits per heavy atom. The van der Waals surface area contributed by atoms with Crippen LogP contribution in [0.15, 0.2) is 16.8 Å². The minimum absolute atomic E-state index is 0.00722. The van der Waals surface area contributed by atoms with Gasteiger partial charge in [0.25, 0.3) is 6.47 Å². The van der Waals surface area contributed by atoms with Crippen molar-refractivity contribution in [3.8, 4) is 0 Å². The summed E-state index contributed by atoms with van der Waals surface area (Å²) in [5, 5.41) is 29.2. The first kappa shape index (κ1) is 53.1. The van der Waals surface area contributed by atoms with Crippen molar-refractivity contribution < 1.29 is 86.9 Å². The number of nitrogens with zero attached hydrogens (tertiary/aromatic N) is 1. The maximum absolute atomic E-state index is 12.5. The molecule has 0 aromatic rings. The number of methoxy groups -OCH3 is 1. The predicted octanol–water partition coefficient (Wildman–Crippen LogP) is 1.26. The lowest BCUT2D eigenvalue weighted by molar-refractivity contribution is -0.155. The van der Waals surface area contributed by atoms with E-state index < -0.39 is 90.3 Å². The van der Waals surface area contributed by atoms with Gasteiger partial charge in [-0.2, -0.15) is 0 Å². The molecular weight excluding hydrogens is 838 g/mol. The summed E-state index contributed by atoms with van der Waals surface area (Å²) in [5.74, 6) is -7.13. The molecule has 0 aromatic carbocycles. The number of aliphatic imine (C=N–C) groups is 1. The molecule has 2 aliphatic heterocycles. The van der Waals surface area contributed by atoms with E-state index >= 15 is 0 Å². The summed E-state index contributed by atoms with van der Waals surface area (Å²) in [4.78, 5) is 105. The number of Topliss-reactive ketones (excluding diaryl/α,β-unsaturated/α-hetero) is 2. The summed E-state index contributed by atoms with van der Waals surface area (Å²) >= 11 is 0. The molecular formula is C40H61N5O18. The highest BCUT2D eigenvalue weighted by Crippen LogP contribution is 2.35. The smallest absolute Gasteiger partial charge is 0.481 e. The molecule has 23 heteroatoms. The SMILES string of the molecule is CC(=O)[C@@H]1CC(C(=O)O)C[C@H](C(C)=O)C1.COC(=O)C1=C[C@H](N=C(N)N)[C@@H](C)C([C@H](OC(=O)NCCCCCCN)[C@H]2COC(=O)O2)O1.O=COC1C[C@@H](C(=O)O)C[C@@H](C(=O)O)C1. The number of alkyl carbamates (subject to hydrolysis) is 1. The number of ether oxygens (including phenoxy) is 6. The molecule has 0 spiro atoms. The molecule has 2 heterocycles. The largest absolute Gasteiger partial charge is 0.508 e. The van der Waals surface area contributed by atoms with E-state index in [0.717, 1.165) is 25.7 Å². The van der Waals surface area contributed by atoms with E-state index in [1.54, 1.807) is 6.92 Å². The summed E-state index contributed by atoms with van der Waals surface area (Å²) in [7, 11) is 1.19. The van der Waals surface area contributed by atoms with E-state index in [2.05, 4.69) is 15.0 Å². The van der Waals surface area contributed by atoms with Gasteiger partial charge in [-0.1, -0.05) is 19.8 Å². The van der Waals surface area contributed by atoms with Crippen molar-refractivity contribution in [3.05, 3.63) is 11.8 Å². The summed E-state index contributed by atoms with van der Waals surface area (Å²) in [6.45, 7) is 5.76. The first-order valence-electron chi connectivity index (χ1n) is 20.5. The van der Waals surface area contributed by atoms with Gasteiger partial charge in [-0.25, -0.2) is 19.4 Å². The average molecular weight is 900 g/mol. The minimum Gasteiger partial charge on any atom is -0.481 e. The third-order valence-corrected chi connectivity index (χ3v) is 11.1. The van der Waals surface area contributed by atoms with Crippen LogP contribution >= 0.6 is 0 Å². The van der Waals surface area contributed by atoms with Crippen LogP contribution in [0.2, 0.25) is 0 Å². The number of guanidine groups is 1. The number of rotatable bonds is 18. The summed E-state index contributed by atoms with van der Waals surface area (Å²) in [6.07, 6.45) is 1.48. The van der Waals surface area contributed by atoms with E-state index in [0.29, 0.717) is 32.4 Å². The number of carboxylic acids is 3. The van der Waals surface area contributed by atoms with Crippen molar-refractivity contribution in [1.82, 2.24) is 5.32 Å². The summed E-state index contributed by atoms with van der Waals surface area (Å²) < 4.78 is 30.8. The predicted molar refractivity (Wildman–Crippen MR) is 216 cm³/mol. The number of nitrogens with one attached hydrogen (secondary N) is 1. The normalized spacial score (nSPS) is 27.7. The molecule has 0 radical (unpaired) electrons. The number of carbonyl (C=O) groups excluding carboxylic acids is 6. The molecule has 3 unspecified atom stereocenters. The van der Waals surface area contributed by atoms with Crippen LogP contribution in [0.5, 0.6) is 0 Å². The van der Waals surface area contributed by atoms with Crippen LogP contribution in [0.4, 0.5) is 9.59 Å². The minimum atomic E-state index is -1.12. The van der Waals surface area contributed by atoms with Crippen LogP contribution in [0.3, 0.4) is 0 Å². The van der Waals surface area contributed by atoms with Crippen molar-refractivity contribution in [2.45, 2.75) is 115 Å². The van der Waals surface area contributed by atoms with Crippen molar-refractivity contribution in [3.63, 3.8) is 0 Å². The molecule has 63 heavy (non-hydrogen) atoms. The molecule has 11 atom stereocenters. The van der Waals surface area contributed by atoms with E-state index in [-0.39, 0.29) is 67.5 Å². The summed E-state index contributed by atoms with van der Waals surface area (Å²) in [5.41, 5.74) is 16.5. The van der Waals surface area contributed by atoms with Gasteiger partial charge in [0.05, 0.1) is 30.9 Å². The Bertz CT molecular complexity index is 1610. The van der Waals surface area contributed by atoms with Crippen LogP contribution in [0, 0.1) is 35.5 Å². The maximum atomic E-state index is 12.5. The molecule has 1 amide bonds. The number of unbranched alkanes of at least 4 members (excludes halogenated alkanes) is 3. The zero-order valence-corrected chi connectivity index (χ0v) is 35.8. The summed E-state index contributed by atoms with van der Waals surface area (Å²) in [6, 6.07) is -0.683. The maximum Gasteiger partial charge on any atom is 0.508 e. The van der Waals surface area contributed by atoms with Gasteiger partial charge >= 0.3 is 36.1 Å². The van der Waals surface area contributed by atoms with Gasteiger partial charge in [0.15, 0.2) is 18.2 Å². The standard InChI is InChI=1S/C20H33N5O8.C11H16O4.C9H12O6/c1-11-12(25-18(22)23)9-13(17(26)29-2)31-15(11)16(14-10-30-20(28)32-14)33-19(27)24-8-6-4-3-5-7-21;1-6(12)8-3-9(7(2)13)5-10(4-8)11(14)15;10-4-15-7-2-5(8(11)12)1-6(3-7)9(13)14/h9,11-12,14-16H,3-8,10,21H2,1-2H3,(H,24,27)(H4,22,23,25);8-10H,3-5H2,1-2H3,(H,14,15);4-7H,1-3H2,(H,11,12)(H,13,14)/t11-,12+,14-,15?,16-;8-,9+,10?;5-,6+,7?/m1../s1. The number of amides is 1. The Balaban J connectivity index is 0.000000375. The van der Waals surface area contributed by atoms with Gasteiger partial charge in [0, 0.05) is 24.3 Å². The second-order valence-corrected chi connectivity index (χ2v) is 15.7. The molecule has 2 aliphatic carbocycles. The van der Waals surface area contributed by atoms with Crippen molar-refractivity contribution in [2.75, 3.05) is 26.8 Å². The van der Waals surface area contributed by atoms with Crippen molar-refractivity contribution in [2.24, 2.45) is 57.7 Å². The monoisotopic (exact) mass is 899 g/mol. The number of carboxylic acid groups (broad SMARTS) is 3. The fourth-order valence-electron chi connectivity index (χ4n) is 7.59. The van der Waals surface area contributed by atoms with Gasteiger partial charge in [-0.3, -0.25) is 28.8 Å². The van der Waals surface area contributed by atoms with Gasteiger partial charge in [-0.15, -0.1) is 0 Å². The zero-order valence-electron chi connectivity index (χ0n) is 35.8. The Morgan fingerprint density at radius 3 is 1.83 bits per heavy atom. The molecule has 1 saturated heterocycles. The number of nitrogens with two attached hydrogens (primary N) is 3. The zero-order chi connectivity index (χ0) is 47.4. The molecule has 4 rings (SSSR count). The molecule has 10 N–H and O–H groups in total. The number of carbonyl (C=O) groups is 9. The lowest BCUT2D eigenvalue weighted by atomic mass is 9.72. The number of hydrogen-bond acceptors (Lipinski definition) is 17. The number of cyclic esters (lactones) is 2. The third-order valence-electron chi connectivity index (χ3n) is 11.1. The highest BCUT2D eigenvalue weighted by Gasteiger charge is 2.48. The Hall–Kier alpha value is -6.00. The van der Waals surface area contributed by atoms with Gasteiger partial charge in [0.1, 0.15) is 30.4 Å². The van der Waals surface area contributed by atoms with E-state index in [9.17, 15) is 43.2 Å². The number of hydrogen-bond donors (Lipinski definition) is 7. The number of aliphatic carboxylic acids is 3. The van der Waals surface area contributed by atoms with Crippen LogP contribution < -0.4 is 22.5 Å². The molecule has 2 saturated carbocycles. The molecule has 0 bridgehead atoms. The van der Waals surface area contributed by atoms with Gasteiger partial charge in [0.2, 0.25) is 5.76 Å². The molecule has 4 aliphatic rings. The fraction of sp³-hybridized carbons (Fsp3) is 0.700. The van der Waals surface area contributed by atoms with Crippen LogP contribution in [-0.4, -0.2) is 133 Å². The highest BCUT2D eigenvalue weighted by molar-refractivity contribution is 5.87. The Labute approximate surface area is 363 Å². The Kier molecular flexibility index (Phi) is 22.3. The lowest BCUT2D eigenvalue weighted by Crippen LogP contribution is -2.52. The van der Waals surface area contributed by atoms with Gasteiger partial charge in [-0.05, 0) is 77.8 Å². The van der Waals surface area contributed by atoms with Crippen molar-refractivity contribution in [1.29, 1.82) is 0 Å². The quantitative estimate of drug-likeness (QED) is 0.0254. The van der Waals surface area contributed by atoms with Crippen molar-refractivity contribution >= 4 is 60.1 Å². The molecule has 3 fully saturated rings. The van der Waals surface area contributed by atoms with Gasteiger partial charge < -0.3 is 66.3 Å². The highest BCUT2D eigenvalue weighted by atomic mass is 16.8. The first-order chi connectivity index (χ1) is 29.7. The topological polar surface area (TPSA) is 372 Å². The second kappa shape index (κ2) is 26.5. The average Bonchev–Trinajstić information content (AvgIpc) is 3.67. The van der Waals surface area contributed by atoms with E-state index in [4.69, 9.17) is 56.2 Å². The first-order valence-corrected chi connectivity index (χ1v) is 20.5. The molecule has 23 nitrogen and oxygen atoms in total. The van der Waals surface area contributed by atoms with E-state index in [1.807, 2.05) is 0 Å². The number of esters is 1. The van der Waals surface area contributed by atoms with Crippen LogP contribution in [0.1, 0.15) is 85.0 Å². The molecule has 354 valence electrons. The third kappa shape index (κ3) is 17.7. The molecule has 0 aromatic heterocycles. The Morgan fingerprint density at radius 1 is 0.841 bits per heavy atom. The van der Waals surface area contributed by atoms with Crippen LogP contribution in [-0.2, 0) is 62.0 Å². The second-order valence-electron chi connectivity index (χ2n) is 15.7. The van der Waals surface area contributed by atoms with E-state index in [1.165, 1.54) is 27.0 Å². The lowest BCUT2D eigenvalue weighted by Gasteiger charge is -2.38. The fourth-order valence-corrected chi connectivity index (χ4v) is 7.59. The van der Waals surface area contributed by atoms with Crippen LogP contribution in [0.25, 0.3) is 0 Å².